The zero-order valence-corrected chi connectivity index (χ0v) is 17.9. The van der Waals surface area contributed by atoms with E-state index in [0.717, 1.165) is 19.3 Å². The third-order valence-electron chi connectivity index (χ3n) is 3.60. The topological polar surface area (TPSA) is 35.5 Å². The van der Waals surface area contributed by atoms with Crippen molar-refractivity contribution < 1.29 is 14.0 Å². The van der Waals surface area contributed by atoms with E-state index in [-0.39, 0.29) is 37.4 Å². The molecule has 0 spiro atoms. The smallest absolute Gasteiger partial charge is 0.242 e. The molecule has 3 nitrogen and oxygen atoms in total. The van der Waals surface area contributed by atoms with E-state index in [1.54, 1.807) is 0 Å². The van der Waals surface area contributed by atoms with E-state index in [1.165, 1.54) is 0 Å². The maximum atomic E-state index is 12.2. The van der Waals surface area contributed by atoms with Gasteiger partial charge >= 0.3 is 0 Å². The van der Waals surface area contributed by atoms with Crippen molar-refractivity contribution in [3.8, 4) is 11.5 Å². The Balaban J connectivity index is 2.39. The number of Topliss-reactive ketones (excluding diaryl/α,β-unsaturated/α-hetero) is 1. The molecule has 1 aliphatic rings. The summed E-state index contributed by atoms with van der Waals surface area (Å²) >= 11 is 25.3. The second kappa shape index (κ2) is 8.04. The van der Waals surface area contributed by atoms with Gasteiger partial charge in [-0.2, -0.15) is 0 Å². The van der Waals surface area contributed by atoms with Gasteiger partial charge in [0.15, 0.2) is 17.6 Å². The van der Waals surface area contributed by atoms with Crippen molar-refractivity contribution in [3.63, 3.8) is 0 Å². The van der Waals surface area contributed by atoms with Gasteiger partial charge in [-0.3, -0.25) is 4.79 Å². The molecule has 8 heteroatoms. The highest BCUT2D eigenvalue weighted by molar-refractivity contribution is 6.70. The molecule has 1 aliphatic carbocycles. The number of benzene rings is 1. The van der Waals surface area contributed by atoms with Gasteiger partial charge in [-0.1, -0.05) is 52.8 Å². The zero-order valence-electron chi connectivity index (χ0n) is 13.8. The van der Waals surface area contributed by atoms with Gasteiger partial charge in [-0.05, 0) is 38.9 Å². The second-order valence-corrected chi connectivity index (χ2v) is 12.7. The summed E-state index contributed by atoms with van der Waals surface area (Å²) in [6, 6.07) is 0. The highest BCUT2D eigenvalue weighted by atomic mass is 35.5. The molecule has 1 unspecified atom stereocenters. The summed E-state index contributed by atoms with van der Waals surface area (Å²) in [6.45, 7) is 5.99. The molecule has 0 N–H and O–H groups in total. The molecule has 0 radical (unpaired) electrons. The van der Waals surface area contributed by atoms with Gasteiger partial charge in [0.1, 0.15) is 25.8 Å². The minimum Gasteiger partial charge on any atom is -0.542 e. The average molecular weight is 430 g/mol. The van der Waals surface area contributed by atoms with Crippen molar-refractivity contribution >= 4 is 60.5 Å². The first-order valence-electron chi connectivity index (χ1n) is 7.86. The molecular weight excluding hydrogens is 410 g/mol. The molecule has 2 rings (SSSR count). The summed E-state index contributed by atoms with van der Waals surface area (Å²) in [5, 5.41) is 0.557. The number of hydrogen-bond donors (Lipinski definition) is 0. The molecule has 0 aromatic heterocycles. The molecule has 0 amide bonds. The van der Waals surface area contributed by atoms with Crippen LogP contribution < -0.4 is 9.16 Å². The lowest BCUT2D eigenvalue weighted by Crippen LogP contribution is -2.30. The molecule has 0 aliphatic heterocycles. The lowest BCUT2D eigenvalue weighted by molar-refractivity contribution is -0.125. The van der Waals surface area contributed by atoms with Gasteiger partial charge < -0.3 is 9.16 Å². The Morgan fingerprint density at radius 3 is 1.96 bits per heavy atom. The van der Waals surface area contributed by atoms with E-state index in [2.05, 4.69) is 0 Å². The van der Waals surface area contributed by atoms with Crippen molar-refractivity contribution in [2.45, 2.75) is 57.8 Å². The van der Waals surface area contributed by atoms with Gasteiger partial charge in [-0.15, -0.1) is 0 Å². The quantitative estimate of drug-likeness (QED) is 0.300. The first-order chi connectivity index (χ1) is 11.1. The van der Waals surface area contributed by atoms with E-state index < -0.39 is 14.4 Å². The Morgan fingerprint density at radius 2 is 1.42 bits per heavy atom. The predicted molar refractivity (Wildman–Crippen MR) is 103 cm³/mol. The lowest BCUT2D eigenvalue weighted by atomic mass is 10.1. The van der Waals surface area contributed by atoms with Crippen molar-refractivity contribution in [3.05, 3.63) is 20.1 Å². The van der Waals surface area contributed by atoms with Crippen LogP contribution in [0.4, 0.5) is 0 Å². The third kappa shape index (κ3) is 4.73. The minimum absolute atomic E-state index is 0.0503. The first-order valence-corrected chi connectivity index (χ1v) is 12.8. The largest absolute Gasteiger partial charge is 0.542 e. The number of carbonyl (C=O) groups is 1. The summed E-state index contributed by atoms with van der Waals surface area (Å²) in [5.74, 6) is 0.470. The number of carbonyl (C=O) groups excluding carboxylic acids is 1. The molecule has 1 fully saturated rings. The fourth-order valence-electron chi connectivity index (χ4n) is 2.49. The Bertz CT molecular complexity index is 614. The van der Waals surface area contributed by atoms with Crippen LogP contribution in [0, 0.1) is 0 Å². The standard InChI is InChI=1S/C16H20Cl4O3Si/c1-24(2,3)23-16-13(19)11(17)15(12(18)14(16)20)22-10-8-6-4-5-7-9(10)21/h10H,4-8H2,1-3H3. The highest BCUT2D eigenvalue weighted by Gasteiger charge is 2.30. The van der Waals surface area contributed by atoms with E-state index in [1.807, 2.05) is 19.6 Å². The van der Waals surface area contributed by atoms with E-state index >= 15 is 0 Å². The number of ketones is 1. The van der Waals surface area contributed by atoms with E-state index in [4.69, 9.17) is 55.6 Å². The SMILES string of the molecule is C[Si](C)(C)Oc1c(Cl)c(Cl)c(OC2CCCCCC2=O)c(Cl)c1Cl. The Morgan fingerprint density at radius 1 is 0.875 bits per heavy atom. The number of ether oxygens (including phenoxy) is 1. The van der Waals surface area contributed by atoms with Crippen LogP contribution in [0.15, 0.2) is 0 Å². The fraction of sp³-hybridized carbons (Fsp3) is 0.562. The van der Waals surface area contributed by atoms with Crippen molar-refractivity contribution in [1.82, 2.24) is 0 Å². The number of rotatable bonds is 4. The van der Waals surface area contributed by atoms with Crippen molar-refractivity contribution in [2.24, 2.45) is 0 Å². The lowest BCUT2D eigenvalue weighted by Gasteiger charge is -2.24. The molecule has 0 saturated heterocycles. The van der Waals surface area contributed by atoms with Gasteiger partial charge in [0.25, 0.3) is 0 Å². The van der Waals surface area contributed by atoms with Gasteiger partial charge in [-0.25, -0.2) is 0 Å². The minimum atomic E-state index is -1.97. The van der Waals surface area contributed by atoms with Crippen LogP contribution in [-0.2, 0) is 4.79 Å². The number of hydrogen-bond acceptors (Lipinski definition) is 3. The van der Waals surface area contributed by atoms with Crippen LogP contribution in [0.25, 0.3) is 0 Å². The summed E-state index contributed by atoms with van der Waals surface area (Å²) in [6.07, 6.45) is 3.37. The van der Waals surface area contributed by atoms with Gasteiger partial charge in [0.2, 0.25) is 8.32 Å². The van der Waals surface area contributed by atoms with Crippen LogP contribution in [0.3, 0.4) is 0 Å². The third-order valence-corrected chi connectivity index (χ3v) is 6.05. The maximum absolute atomic E-state index is 12.2. The van der Waals surface area contributed by atoms with Crippen LogP contribution in [0.2, 0.25) is 39.7 Å². The molecule has 0 heterocycles. The maximum Gasteiger partial charge on any atom is 0.242 e. The van der Waals surface area contributed by atoms with Crippen LogP contribution >= 0.6 is 46.4 Å². The molecule has 1 atom stereocenters. The molecule has 1 aromatic rings. The molecular formula is C16H20Cl4O3Si. The normalized spacial score (nSPS) is 19.1. The summed E-state index contributed by atoms with van der Waals surface area (Å²) in [7, 11) is -1.97. The number of halogens is 4. The summed E-state index contributed by atoms with van der Waals surface area (Å²) < 4.78 is 11.7. The Kier molecular flexibility index (Phi) is 6.76. The summed E-state index contributed by atoms with van der Waals surface area (Å²) in [5.41, 5.74) is 0. The van der Waals surface area contributed by atoms with E-state index in [0.29, 0.717) is 12.8 Å². The predicted octanol–water partition coefficient (Wildman–Crippen LogP) is 6.79. The second-order valence-electron chi connectivity index (χ2n) is 6.80. The molecule has 24 heavy (non-hydrogen) atoms. The van der Waals surface area contributed by atoms with Crippen molar-refractivity contribution in [2.75, 3.05) is 0 Å². The van der Waals surface area contributed by atoms with Crippen LogP contribution in [0.1, 0.15) is 32.1 Å². The molecule has 134 valence electrons. The Labute approximate surface area is 163 Å². The molecule has 0 bridgehead atoms. The van der Waals surface area contributed by atoms with E-state index in [9.17, 15) is 4.79 Å². The van der Waals surface area contributed by atoms with Crippen molar-refractivity contribution in [1.29, 1.82) is 0 Å². The monoisotopic (exact) mass is 428 g/mol. The first kappa shape index (κ1) is 20.2. The van der Waals surface area contributed by atoms with Gasteiger partial charge in [0, 0.05) is 6.42 Å². The average Bonchev–Trinajstić information content (AvgIpc) is 2.70. The summed E-state index contributed by atoms with van der Waals surface area (Å²) in [4.78, 5) is 12.2. The van der Waals surface area contributed by atoms with Crippen LogP contribution in [0.5, 0.6) is 11.5 Å². The fourth-order valence-corrected chi connectivity index (χ4v) is 4.42. The molecule has 1 saturated carbocycles. The Hall–Kier alpha value is -0.133. The van der Waals surface area contributed by atoms with Gasteiger partial charge in [0.05, 0.1) is 0 Å². The molecule has 1 aromatic carbocycles. The highest BCUT2D eigenvalue weighted by Crippen LogP contribution is 2.51. The zero-order chi connectivity index (χ0) is 18.1. The van der Waals surface area contributed by atoms with Crippen LogP contribution in [-0.4, -0.2) is 20.2 Å².